The second kappa shape index (κ2) is 7.67. The van der Waals surface area contributed by atoms with E-state index in [4.69, 9.17) is 14.7 Å². The van der Waals surface area contributed by atoms with Crippen LogP contribution in [0.25, 0.3) is 10.9 Å². The smallest absolute Gasteiger partial charge is 0.134 e. The molecule has 3 aliphatic heterocycles. The van der Waals surface area contributed by atoms with Gasteiger partial charge in [-0.05, 0) is 61.1 Å². The van der Waals surface area contributed by atoms with Crippen molar-refractivity contribution in [2.24, 2.45) is 11.8 Å². The number of fused-ring (bicyclic) bond motifs is 4. The average molecular weight is 363 g/mol. The summed E-state index contributed by atoms with van der Waals surface area (Å²) in [6, 6.07) is 10.4. The number of pyridine rings is 1. The first kappa shape index (κ1) is 18.0. The van der Waals surface area contributed by atoms with Crippen molar-refractivity contribution >= 4 is 10.9 Å². The fourth-order valence-electron chi connectivity index (χ4n) is 4.75. The maximum absolute atomic E-state index is 9.13. The number of aromatic nitrogens is 1. The molecule has 5 atom stereocenters. The van der Waals surface area contributed by atoms with Crippen LogP contribution >= 0.6 is 0 Å². The van der Waals surface area contributed by atoms with E-state index in [1.54, 1.807) is 7.11 Å². The van der Waals surface area contributed by atoms with Crippen LogP contribution in [0.1, 0.15) is 24.5 Å². The van der Waals surface area contributed by atoms with E-state index in [2.05, 4.69) is 28.6 Å². The summed E-state index contributed by atoms with van der Waals surface area (Å²) in [5, 5.41) is 10.2. The van der Waals surface area contributed by atoms with Gasteiger partial charge in [0, 0.05) is 24.2 Å². The molecule has 4 heterocycles. The van der Waals surface area contributed by atoms with E-state index in [-0.39, 0.29) is 18.8 Å². The fraction of sp³-hybridized carbons (Fsp3) is 0.455. The molecule has 0 amide bonds. The maximum Gasteiger partial charge on any atom is 0.134 e. The van der Waals surface area contributed by atoms with Crippen LogP contribution in [0, 0.1) is 23.2 Å². The van der Waals surface area contributed by atoms with Crippen molar-refractivity contribution in [2.75, 3.05) is 26.8 Å². The minimum absolute atomic E-state index is 0.0817. The third-order valence-electron chi connectivity index (χ3n) is 6.12. The van der Waals surface area contributed by atoms with Crippen LogP contribution in [0.4, 0.5) is 0 Å². The van der Waals surface area contributed by atoms with Crippen molar-refractivity contribution in [3.63, 3.8) is 0 Å². The van der Waals surface area contributed by atoms with E-state index in [1.807, 2.05) is 30.5 Å². The highest BCUT2D eigenvalue weighted by atomic mass is 16.5. The van der Waals surface area contributed by atoms with E-state index < -0.39 is 0 Å². The van der Waals surface area contributed by atoms with Crippen LogP contribution in [0.3, 0.4) is 0 Å². The molecule has 140 valence electrons. The molecule has 0 saturated carbocycles. The summed E-state index contributed by atoms with van der Waals surface area (Å²) in [6.07, 6.45) is 6.06. The fourth-order valence-corrected chi connectivity index (χ4v) is 4.75. The summed E-state index contributed by atoms with van der Waals surface area (Å²) < 4.78 is 11.5. The molecule has 5 nitrogen and oxygen atoms in total. The summed E-state index contributed by atoms with van der Waals surface area (Å²) >= 11 is 0. The molecule has 1 unspecified atom stereocenters. The zero-order valence-corrected chi connectivity index (χ0v) is 15.7. The highest BCUT2D eigenvalue weighted by molar-refractivity contribution is 5.84. The van der Waals surface area contributed by atoms with E-state index in [1.165, 1.54) is 6.42 Å². The Labute approximate surface area is 160 Å². The molecule has 3 saturated heterocycles. The summed E-state index contributed by atoms with van der Waals surface area (Å²) in [7, 11) is 1.67. The largest absolute Gasteiger partial charge is 0.497 e. The number of nitrogens with zero attached hydrogens (tertiary/aromatic N) is 3. The zero-order chi connectivity index (χ0) is 18.8. The zero-order valence-electron chi connectivity index (χ0n) is 15.7. The monoisotopic (exact) mass is 363 g/mol. The number of nitriles is 1. The SMILES string of the molecule is C=C[C@H]1CN2CC[C@H]1C[C@@H]2[C@@H](OCC#N)c1ccnc2ccc(OC)cc12. The Hall–Kier alpha value is -2.42. The number of rotatable bonds is 6. The molecule has 1 aromatic heterocycles. The quantitative estimate of drug-likeness (QED) is 0.732. The van der Waals surface area contributed by atoms with Crippen LogP contribution in [0.5, 0.6) is 5.75 Å². The molecule has 0 spiro atoms. The summed E-state index contributed by atoms with van der Waals surface area (Å²) in [4.78, 5) is 7.01. The molecule has 2 aromatic rings. The van der Waals surface area contributed by atoms with Crippen molar-refractivity contribution in [3.8, 4) is 11.8 Å². The van der Waals surface area contributed by atoms with Crippen LogP contribution < -0.4 is 4.74 Å². The lowest BCUT2D eigenvalue weighted by Crippen LogP contribution is -2.55. The van der Waals surface area contributed by atoms with E-state index >= 15 is 0 Å². The second-order valence-corrected chi connectivity index (χ2v) is 7.42. The van der Waals surface area contributed by atoms with E-state index in [0.717, 1.165) is 41.7 Å². The molecule has 5 rings (SSSR count). The molecule has 0 radical (unpaired) electrons. The lowest BCUT2D eigenvalue weighted by molar-refractivity contribution is -0.0675. The maximum atomic E-state index is 9.13. The third kappa shape index (κ3) is 3.31. The Balaban J connectivity index is 1.74. The highest BCUT2D eigenvalue weighted by Crippen LogP contribution is 2.43. The van der Waals surface area contributed by atoms with Crippen LogP contribution in [0.2, 0.25) is 0 Å². The number of benzene rings is 1. The van der Waals surface area contributed by atoms with Crippen LogP contribution in [-0.4, -0.2) is 42.7 Å². The molecular weight excluding hydrogens is 338 g/mol. The van der Waals surface area contributed by atoms with Gasteiger partial charge in [0.15, 0.2) is 0 Å². The van der Waals surface area contributed by atoms with Crippen LogP contribution in [-0.2, 0) is 4.74 Å². The van der Waals surface area contributed by atoms with Gasteiger partial charge in [0.2, 0.25) is 0 Å². The van der Waals surface area contributed by atoms with Crippen molar-refractivity contribution in [1.82, 2.24) is 9.88 Å². The van der Waals surface area contributed by atoms with Gasteiger partial charge in [-0.3, -0.25) is 9.88 Å². The molecule has 1 aromatic carbocycles. The number of piperidine rings is 3. The molecule has 3 aliphatic rings. The van der Waals surface area contributed by atoms with E-state index in [0.29, 0.717) is 11.8 Å². The first-order chi connectivity index (χ1) is 13.2. The lowest BCUT2D eigenvalue weighted by atomic mass is 9.73. The highest BCUT2D eigenvalue weighted by Gasteiger charge is 2.43. The van der Waals surface area contributed by atoms with Gasteiger partial charge >= 0.3 is 0 Å². The molecular formula is C22H25N3O2. The standard InChI is InChI=1S/C22H25N3O2/c1-3-15-14-25-10-7-16(15)12-21(25)22(27-11-8-23)18-6-9-24-20-5-4-17(26-2)13-19(18)20/h3-6,9,13,15-16,21-22H,1,7,10-12,14H2,2H3/t15-,16-,21+,22-/m0/s1. The predicted molar refractivity (Wildman–Crippen MR) is 104 cm³/mol. The van der Waals surface area contributed by atoms with Gasteiger partial charge in [-0.15, -0.1) is 6.58 Å². The predicted octanol–water partition coefficient (Wildman–Crippen LogP) is 3.72. The van der Waals surface area contributed by atoms with Gasteiger partial charge in [-0.1, -0.05) is 6.08 Å². The van der Waals surface area contributed by atoms with Crippen molar-refractivity contribution in [3.05, 3.63) is 48.7 Å². The van der Waals surface area contributed by atoms with Gasteiger partial charge in [0.1, 0.15) is 18.5 Å². The Bertz CT molecular complexity index is 875. The Morgan fingerprint density at radius 2 is 2.33 bits per heavy atom. The Kier molecular flexibility index (Phi) is 5.11. The molecule has 3 fully saturated rings. The normalized spacial score (nSPS) is 27.9. The van der Waals surface area contributed by atoms with Gasteiger partial charge in [0.05, 0.1) is 18.7 Å². The lowest BCUT2D eigenvalue weighted by Gasteiger charge is -2.51. The second-order valence-electron chi connectivity index (χ2n) is 7.42. The van der Waals surface area contributed by atoms with Gasteiger partial charge in [-0.2, -0.15) is 5.26 Å². The summed E-state index contributed by atoms with van der Waals surface area (Å²) in [5.41, 5.74) is 2.00. The summed E-state index contributed by atoms with van der Waals surface area (Å²) in [5.74, 6) is 2.00. The van der Waals surface area contributed by atoms with Gasteiger partial charge < -0.3 is 9.47 Å². The number of hydrogen-bond acceptors (Lipinski definition) is 5. The van der Waals surface area contributed by atoms with E-state index in [9.17, 15) is 0 Å². The van der Waals surface area contributed by atoms with Gasteiger partial charge in [0.25, 0.3) is 0 Å². The molecule has 0 aliphatic carbocycles. The van der Waals surface area contributed by atoms with Crippen LogP contribution in [0.15, 0.2) is 43.1 Å². The minimum atomic E-state index is -0.157. The first-order valence-electron chi connectivity index (χ1n) is 9.53. The molecule has 0 N–H and O–H groups in total. The van der Waals surface area contributed by atoms with Gasteiger partial charge in [-0.25, -0.2) is 0 Å². The van der Waals surface area contributed by atoms with Crippen molar-refractivity contribution in [2.45, 2.75) is 25.0 Å². The first-order valence-corrected chi connectivity index (χ1v) is 9.53. The number of methoxy groups -OCH3 is 1. The molecule has 27 heavy (non-hydrogen) atoms. The number of ether oxygens (including phenoxy) is 2. The third-order valence-corrected chi connectivity index (χ3v) is 6.12. The topological polar surface area (TPSA) is 58.4 Å². The minimum Gasteiger partial charge on any atom is -0.497 e. The van der Waals surface area contributed by atoms with Crippen molar-refractivity contribution in [1.29, 1.82) is 5.26 Å². The van der Waals surface area contributed by atoms with Crippen molar-refractivity contribution < 1.29 is 9.47 Å². The Morgan fingerprint density at radius 1 is 1.44 bits per heavy atom. The number of hydrogen-bond donors (Lipinski definition) is 0. The summed E-state index contributed by atoms with van der Waals surface area (Å²) in [6.45, 7) is 6.21. The Morgan fingerprint density at radius 3 is 3.04 bits per heavy atom. The average Bonchev–Trinajstić information content (AvgIpc) is 2.74. The molecule has 2 bridgehead atoms. The molecule has 5 heteroatoms.